The van der Waals surface area contributed by atoms with Crippen LogP contribution in [0.5, 0.6) is 5.88 Å². The monoisotopic (exact) mass is 596 g/mol. The fraction of sp³-hybridized carbons (Fsp3) is 0.346. The maximum absolute atomic E-state index is 13.4. The zero-order valence-corrected chi connectivity index (χ0v) is 22.7. The summed E-state index contributed by atoms with van der Waals surface area (Å²) in [6.07, 6.45) is -5.61. The predicted octanol–water partition coefficient (Wildman–Crippen LogP) is 5.36. The Morgan fingerprint density at radius 3 is 2.58 bits per heavy atom. The van der Waals surface area contributed by atoms with Crippen molar-refractivity contribution >= 4 is 39.1 Å². The van der Waals surface area contributed by atoms with Gasteiger partial charge in [-0.25, -0.2) is 9.78 Å². The van der Waals surface area contributed by atoms with Crippen LogP contribution in [0.3, 0.4) is 0 Å². The minimum absolute atomic E-state index is 0.0678. The summed E-state index contributed by atoms with van der Waals surface area (Å²) in [5.41, 5.74) is -1.23. The Morgan fingerprint density at radius 1 is 1.26 bits per heavy atom. The van der Waals surface area contributed by atoms with Gasteiger partial charge in [-0.15, -0.1) is 0 Å². The van der Waals surface area contributed by atoms with Gasteiger partial charge in [0.1, 0.15) is 17.0 Å². The summed E-state index contributed by atoms with van der Waals surface area (Å²) in [6, 6.07) is 7.08. The molecule has 0 aliphatic rings. The lowest BCUT2D eigenvalue weighted by molar-refractivity contribution is -0.128. The molecule has 1 N–H and O–H groups in total. The average Bonchev–Trinajstić information content (AvgIpc) is 3.18. The number of ether oxygens (including phenoxy) is 2. The van der Waals surface area contributed by atoms with Crippen molar-refractivity contribution < 1.29 is 35.0 Å². The number of alkyl halides is 3. The number of carbonyl (C=O) groups is 2. The third-order valence-corrected chi connectivity index (χ3v) is 5.58. The Morgan fingerprint density at radius 2 is 1.97 bits per heavy atom. The van der Waals surface area contributed by atoms with E-state index >= 15 is 0 Å². The van der Waals surface area contributed by atoms with E-state index in [0.29, 0.717) is 14.9 Å². The fourth-order valence-corrected chi connectivity index (χ4v) is 3.83. The van der Waals surface area contributed by atoms with Crippen molar-refractivity contribution in [2.75, 3.05) is 25.6 Å². The number of anilines is 1. The van der Waals surface area contributed by atoms with E-state index in [0.717, 1.165) is 0 Å². The zero-order chi connectivity index (χ0) is 30.0. The number of hydrogen-bond acceptors (Lipinski definition) is 5. The molecule has 202 valence electrons. The Hall–Kier alpha value is -3.72. The van der Waals surface area contributed by atoms with E-state index in [4.69, 9.17) is 12.2 Å². The van der Waals surface area contributed by atoms with Crippen molar-refractivity contribution in [3.63, 3.8) is 0 Å². The van der Waals surface area contributed by atoms with E-state index < -0.39 is 36.7 Å². The van der Waals surface area contributed by atoms with Crippen molar-refractivity contribution in [1.82, 2.24) is 14.7 Å². The summed E-state index contributed by atoms with van der Waals surface area (Å²) in [5.74, 6) is 3.95. The van der Waals surface area contributed by atoms with Crippen LogP contribution in [0.15, 0.2) is 41.0 Å². The molecule has 0 saturated carbocycles. The standard InChI is InChI=1S/C26H26BrF3N4O4/c1-25(2,3)38-24(36)34(19-11-10-18(22(35)31-4)32-23(19)37-5)13-6-8-16-14-20-17(27)9-7-12-33(20)21(16)15-26(28,29)30/h7,9-12,14H,13,15H2,1-5H3,(H,31,35)/i13D2. The molecule has 0 aliphatic heterocycles. The highest BCUT2D eigenvalue weighted by molar-refractivity contribution is 9.10. The quantitative estimate of drug-likeness (QED) is 0.401. The van der Waals surface area contributed by atoms with Crippen LogP contribution in [0, 0.1) is 11.8 Å². The highest BCUT2D eigenvalue weighted by Gasteiger charge is 2.31. The topological polar surface area (TPSA) is 85.2 Å². The Kier molecular flexibility index (Phi) is 7.74. The summed E-state index contributed by atoms with van der Waals surface area (Å²) < 4.78 is 70.2. The zero-order valence-electron chi connectivity index (χ0n) is 23.2. The Balaban J connectivity index is 2.20. The lowest BCUT2D eigenvalue weighted by Crippen LogP contribution is -2.37. The molecule has 0 atom stereocenters. The fourth-order valence-electron chi connectivity index (χ4n) is 3.37. The number of carbonyl (C=O) groups excluding carboxylic acids is 2. The molecule has 8 nitrogen and oxygen atoms in total. The molecular formula is C26H26BrF3N4O4. The van der Waals surface area contributed by atoms with Gasteiger partial charge in [0.15, 0.2) is 0 Å². The third kappa shape index (κ3) is 6.98. The van der Waals surface area contributed by atoms with Crippen LogP contribution in [0.2, 0.25) is 0 Å². The predicted molar refractivity (Wildman–Crippen MR) is 139 cm³/mol. The van der Waals surface area contributed by atoms with Crippen molar-refractivity contribution in [3.05, 3.63) is 58.0 Å². The SMILES string of the molecule is [2H]C([2H])(C#Cc1cc2c(Br)cccn2c1CC(F)(F)F)N(C(=O)OC(C)(C)C)c1ccc(C(=O)NC)nc1OC. The maximum atomic E-state index is 13.4. The minimum atomic E-state index is -4.57. The van der Waals surface area contributed by atoms with E-state index in [1.807, 2.05) is 0 Å². The minimum Gasteiger partial charge on any atom is -0.479 e. The van der Waals surface area contributed by atoms with Crippen molar-refractivity contribution in [2.45, 2.75) is 39.0 Å². The van der Waals surface area contributed by atoms with Crippen LogP contribution >= 0.6 is 15.9 Å². The van der Waals surface area contributed by atoms with Gasteiger partial charge in [-0.3, -0.25) is 9.69 Å². The first-order valence-electron chi connectivity index (χ1n) is 12.2. The molecule has 0 aliphatic carbocycles. The number of aromatic nitrogens is 2. The Labute approximate surface area is 229 Å². The molecule has 0 bridgehead atoms. The molecule has 3 aromatic heterocycles. The molecule has 0 unspecified atom stereocenters. The normalized spacial score (nSPS) is 12.7. The summed E-state index contributed by atoms with van der Waals surface area (Å²) >= 11 is 3.31. The number of fused-ring (bicyclic) bond motifs is 1. The van der Waals surface area contributed by atoms with Gasteiger partial charge < -0.3 is 19.2 Å². The average molecular weight is 597 g/mol. The molecule has 0 saturated heterocycles. The van der Waals surface area contributed by atoms with Crippen LogP contribution in [-0.4, -0.2) is 53.8 Å². The number of nitrogens with one attached hydrogen (secondary N) is 1. The second kappa shape index (κ2) is 11.3. The lowest BCUT2D eigenvalue weighted by atomic mass is 10.2. The van der Waals surface area contributed by atoms with Gasteiger partial charge in [-0.1, -0.05) is 11.8 Å². The van der Waals surface area contributed by atoms with Gasteiger partial charge in [-0.2, -0.15) is 13.2 Å². The molecule has 12 heteroatoms. The number of methoxy groups -OCH3 is 1. The second-order valence-electron chi connectivity index (χ2n) is 8.89. The van der Waals surface area contributed by atoms with E-state index in [1.54, 1.807) is 32.9 Å². The molecule has 0 spiro atoms. The molecular weight excluding hydrogens is 569 g/mol. The van der Waals surface area contributed by atoms with Crippen molar-refractivity contribution in [1.29, 1.82) is 0 Å². The summed E-state index contributed by atoms with van der Waals surface area (Å²) in [4.78, 5) is 29.9. The highest BCUT2D eigenvalue weighted by atomic mass is 79.9. The van der Waals surface area contributed by atoms with Crippen LogP contribution < -0.4 is 15.0 Å². The van der Waals surface area contributed by atoms with Crippen LogP contribution in [0.25, 0.3) is 5.52 Å². The molecule has 0 radical (unpaired) electrons. The molecule has 0 fully saturated rings. The first kappa shape index (κ1) is 25.9. The van der Waals surface area contributed by atoms with Gasteiger partial charge in [0.05, 0.1) is 28.3 Å². The Bertz CT molecular complexity index is 1510. The van der Waals surface area contributed by atoms with E-state index in [9.17, 15) is 22.8 Å². The first-order chi connectivity index (χ1) is 18.5. The summed E-state index contributed by atoms with van der Waals surface area (Å²) in [6.45, 7) is 1.88. The highest BCUT2D eigenvalue weighted by Crippen LogP contribution is 2.30. The van der Waals surface area contributed by atoms with Gasteiger partial charge in [0.2, 0.25) is 5.88 Å². The molecule has 3 rings (SSSR count). The number of amides is 2. The van der Waals surface area contributed by atoms with E-state index in [2.05, 4.69) is 38.1 Å². The number of halogens is 4. The van der Waals surface area contributed by atoms with Crippen LogP contribution in [0.4, 0.5) is 23.7 Å². The van der Waals surface area contributed by atoms with Crippen molar-refractivity contribution in [2.24, 2.45) is 0 Å². The smallest absolute Gasteiger partial charge is 0.415 e. The lowest BCUT2D eigenvalue weighted by Gasteiger charge is -2.26. The summed E-state index contributed by atoms with van der Waals surface area (Å²) in [7, 11) is 2.60. The van der Waals surface area contributed by atoms with E-state index in [-0.39, 0.29) is 28.5 Å². The van der Waals surface area contributed by atoms with Crippen LogP contribution in [-0.2, 0) is 11.2 Å². The maximum Gasteiger partial charge on any atom is 0.415 e. The number of pyridine rings is 2. The molecule has 38 heavy (non-hydrogen) atoms. The van der Waals surface area contributed by atoms with Gasteiger partial charge in [-0.05, 0) is 67.0 Å². The van der Waals surface area contributed by atoms with Gasteiger partial charge >= 0.3 is 12.3 Å². The molecule has 3 aromatic rings. The third-order valence-electron chi connectivity index (χ3n) is 4.91. The summed E-state index contributed by atoms with van der Waals surface area (Å²) in [5, 5.41) is 2.40. The molecule has 0 aromatic carbocycles. The van der Waals surface area contributed by atoms with Crippen LogP contribution in [0.1, 0.15) is 45.3 Å². The molecule has 3 heterocycles. The second-order valence-corrected chi connectivity index (χ2v) is 9.74. The molecule has 2 amide bonds. The van der Waals surface area contributed by atoms with Gasteiger partial charge in [0.25, 0.3) is 5.91 Å². The number of nitrogens with zero attached hydrogens (tertiary/aromatic N) is 3. The van der Waals surface area contributed by atoms with Gasteiger partial charge in [0, 0.05) is 29.0 Å². The van der Waals surface area contributed by atoms with E-state index in [1.165, 1.54) is 43.0 Å². The first-order valence-corrected chi connectivity index (χ1v) is 12.0. The number of rotatable bonds is 5. The number of hydrogen-bond donors (Lipinski definition) is 1. The van der Waals surface area contributed by atoms with Crippen molar-refractivity contribution in [3.8, 4) is 17.7 Å². The largest absolute Gasteiger partial charge is 0.479 e.